The second-order valence-corrected chi connectivity index (χ2v) is 7.38. The first-order valence-electron chi connectivity index (χ1n) is 6.86. The standard InChI is InChI=1S/C14H19ClN2O3S/c1-3-10-4-5-17(8-10)14(18)11-6-12(15)9(2)13(7-11)21(16,19)20/h6-7,10H,3-5,8H2,1-2H3,(H2,16,19,20). The Kier molecular flexibility index (Phi) is 4.60. The van der Waals surface area contributed by atoms with Crippen molar-refractivity contribution in [1.29, 1.82) is 0 Å². The molecule has 0 aromatic heterocycles. The zero-order chi connectivity index (χ0) is 15.8. The van der Waals surface area contributed by atoms with Crippen LogP contribution in [0, 0.1) is 12.8 Å². The lowest BCUT2D eigenvalue weighted by Gasteiger charge is -2.17. The summed E-state index contributed by atoms with van der Waals surface area (Å²) in [5.41, 5.74) is 0.634. The number of benzene rings is 1. The van der Waals surface area contributed by atoms with E-state index in [-0.39, 0.29) is 21.4 Å². The minimum atomic E-state index is -3.91. The Labute approximate surface area is 130 Å². The van der Waals surface area contributed by atoms with E-state index in [0.29, 0.717) is 24.6 Å². The fourth-order valence-electron chi connectivity index (χ4n) is 2.61. The van der Waals surface area contributed by atoms with Crippen LogP contribution < -0.4 is 5.14 Å². The van der Waals surface area contributed by atoms with Crippen LogP contribution in [0.4, 0.5) is 0 Å². The van der Waals surface area contributed by atoms with E-state index in [4.69, 9.17) is 16.7 Å². The summed E-state index contributed by atoms with van der Waals surface area (Å²) in [6, 6.07) is 2.82. The first-order valence-corrected chi connectivity index (χ1v) is 8.78. The van der Waals surface area contributed by atoms with E-state index < -0.39 is 10.0 Å². The molecule has 116 valence electrons. The number of hydrogen-bond donors (Lipinski definition) is 1. The summed E-state index contributed by atoms with van der Waals surface area (Å²) >= 11 is 6.04. The Balaban J connectivity index is 2.37. The highest BCUT2D eigenvalue weighted by atomic mass is 35.5. The summed E-state index contributed by atoms with van der Waals surface area (Å²) in [4.78, 5) is 14.1. The highest BCUT2D eigenvalue weighted by Gasteiger charge is 2.27. The molecule has 2 rings (SSSR count). The summed E-state index contributed by atoms with van der Waals surface area (Å²) in [6.07, 6.45) is 2.00. The maximum Gasteiger partial charge on any atom is 0.253 e. The van der Waals surface area contributed by atoms with Gasteiger partial charge in [-0.3, -0.25) is 4.79 Å². The minimum Gasteiger partial charge on any atom is -0.338 e. The number of nitrogens with two attached hydrogens (primary N) is 1. The minimum absolute atomic E-state index is 0.0930. The van der Waals surface area contributed by atoms with Gasteiger partial charge in [0.2, 0.25) is 10.0 Å². The van der Waals surface area contributed by atoms with Crippen LogP contribution in [0.2, 0.25) is 5.02 Å². The molecular formula is C14H19ClN2O3S. The normalized spacial score (nSPS) is 19.0. The van der Waals surface area contributed by atoms with Gasteiger partial charge in [-0.1, -0.05) is 24.9 Å². The fourth-order valence-corrected chi connectivity index (χ4v) is 3.71. The third-order valence-electron chi connectivity index (χ3n) is 4.00. The first kappa shape index (κ1) is 16.3. The van der Waals surface area contributed by atoms with Crippen molar-refractivity contribution in [2.45, 2.75) is 31.6 Å². The van der Waals surface area contributed by atoms with Gasteiger partial charge in [0, 0.05) is 23.7 Å². The topological polar surface area (TPSA) is 80.5 Å². The van der Waals surface area contributed by atoms with Gasteiger partial charge in [0.05, 0.1) is 4.90 Å². The maximum absolute atomic E-state index is 12.5. The largest absolute Gasteiger partial charge is 0.338 e. The molecule has 1 atom stereocenters. The van der Waals surface area contributed by atoms with Gasteiger partial charge >= 0.3 is 0 Å². The lowest BCUT2D eigenvalue weighted by Crippen LogP contribution is -2.29. The quantitative estimate of drug-likeness (QED) is 0.922. The van der Waals surface area contributed by atoms with Gasteiger partial charge in [0.15, 0.2) is 0 Å². The zero-order valence-electron chi connectivity index (χ0n) is 12.1. The van der Waals surface area contributed by atoms with Gasteiger partial charge in [-0.05, 0) is 37.0 Å². The van der Waals surface area contributed by atoms with Crippen LogP contribution in [-0.2, 0) is 10.0 Å². The highest BCUT2D eigenvalue weighted by molar-refractivity contribution is 7.89. The number of halogens is 1. The van der Waals surface area contributed by atoms with Gasteiger partial charge < -0.3 is 4.90 Å². The third kappa shape index (κ3) is 3.39. The second kappa shape index (κ2) is 5.94. The number of primary sulfonamides is 1. The Morgan fingerprint density at radius 3 is 2.67 bits per heavy atom. The molecule has 7 heteroatoms. The fraction of sp³-hybridized carbons (Fsp3) is 0.500. The molecule has 1 heterocycles. The number of sulfonamides is 1. The summed E-state index contributed by atoms with van der Waals surface area (Å²) in [5, 5.41) is 5.41. The van der Waals surface area contributed by atoms with E-state index in [2.05, 4.69) is 6.92 Å². The Bertz CT molecular complexity index is 673. The van der Waals surface area contributed by atoms with Crippen LogP contribution in [0.5, 0.6) is 0 Å². The Hall–Kier alpha value is -1.11. The number of hydrogen-bond acceptors (Lipinski definition) is 3. The van der Waals surface area contributed by atoms with E-state index in [1.807, 2.05) is 0 Å². The molecule has 1 aliphatic heterocycles. The Morgan fingerprint density at radius 2 is 2.14 bits per heavy atom. The lowest BCUT2D eigenvalue weighted by atomic mass is 10.1. The molecule has 0 radical (unpaired) electrons. The van der Waals surface area contributed by atoms with Crippen molar-refractivity contribution in [3.05, 3.63) is 28.3 Å². The van der Waals surface area contributed by atoms with Crippen molar-refractivity contribution in [3.63, 3.8) is 0 Å². The average Bonchev–Trinajstić information content (AvgIpc) is 2.88. The molecule has 1 saturated heterocycles. The molecule has 0 saturated carbocycles. The van der Waals surface area contributed by atoms with Crippen molar-refractivity contribution in [3.8, 4) is 0 Å². The van der Waals surface area contributed by atoms with Gasteiger partial charge in [-0.25, -0.2) is 13.6 Å². The molecule has 1 aromatic rings. The SMILES string of the molecule is CCC1CCN(C(=O)c2cc(Cl)c(C)c(S(N)(=O)=O)c2)C1. The number of carbonyl (C=O) groups excluding carboxylic acids is 1. The second-order valence-electron chi connectivity index (χ2n) is 5.44. The van der Waals surface area contributed by atoms with Crippen molar-refractivity contribution in [2.24, 2.45) is 11.1 Å². The number of amides is 1. The summed E-state index contributed by atoms with van der Waals surface area (Å²) in [5.74, 6) is 0.310. The van der Waals surface area contributed by atoms with Gasteiger partial charge in [-0.15, -0.1) is 0 Å². The van der Waals surface area contributed by atoms with E-state index in [1.54, 1.807) is 11.8 Å². The zero-order valence-corrected chi connectivity index (χ0v) is 13.7. The molecular weight excluding hydrogens is 312 g/mol. The molecule has 0 bridgehead atoms. The highest BCUT2D eigenvalue weighted by Crippen LogP contribution is 2.27. The number of nitrogens with zero attached hydrogens (tertiary/aromatic N) is 1. The average molecular weight is 331 g/mol. The third-order valence-corrected chi connectivity index (χ3v) is 5.43. The molecule has 2 N–H and O–H groups in total. The van der Waals surface area contributed by atoms with Gasteiger partial charge in [0.25, 0.3) is 5.91 Å². The molecule has 21 heavy (non-hydrogen) atoms. The number of carbonyl (C=O) groups is 1. The smallest absolute Gasteiger partial charge is 0.253 e. The van der Waals surface area contributed by atoms with Crippen molar-refractivity contribution < 1.29 is 13.2 Å². The Morgan fingerprint density at radius 1 is 1.48 bits per heavy atom. The predicted molar refractivity (Wildman–Crippen MR) is 81.9 cm³/mol. The van der Waals surface area contributed by atoms with E-state index in [9.17, 15) is 13.2 Å². The van der Waals surface area contributed by atoms with Crippen LogP contribution in [-0.4, -0.2) is 32.3 Å². The van der Waals surface area contributed by atoms with Crippen LogP contribution in [0.1, 0.15) is 35.7 Å². The lowest BCUT2D eigenvalue weighted by molar-refractivity contribution is 0.0786. The summed E-state index contributed by atoms with van der Waals surface area (Å²) in [6.45, 7) is 5.05. The predicted octanol–water partition coefficient (Wildman–Crippen LogP) is 2.17. The first-order chi connectivity index (χ1) is 9.74. The van der Waals surface area contributed by atoms with E-state index >= 15 is 0 Å². The maximum atomic E-state index is 12.5. The summed E-state index contributed by atoms with van der Waals surface area (Å²) in [7, 11) is -3.91. The molecule has 0 aliphatic carbocycles. The van der Waals surface area contributed by atoms with Crippen LogP contribution in [0.15, 0.2) is 17.0 Å². The molecule has 1 fully saturated rings. The van der Waals surface area contributed by atoms with E-state index in [1.165, 1.54) is 12.1 Å². The van der Waals surface area contributed by atoms with Gasteiger partial charge in [0.1, 0.15) is 0 Å². The number of rotatable bonds is 3. The monoisotopic (exact) mass is 330 g/mol. The van der Waals surface area contributed by atoms with Crippen molar-refractivity contribution in [2.75, 3.05) is 13.1 Å². The van der Waals surface area contributed by atoms with Crippen LogP contribution in [0.25, 0.3) is 0 Å². The number of likely N-dealkylation sites (tertiary alicyclic amines) is 1. The molecule has 1 aromatic carbocycles. The molecule has 0 spiro atoms. The molecule has 1 unspecified atom stereocenters. The van der Waals surface area contributed by atoms with Crippen LogP contribution in [0.3, 0.4) is 0 Å². The van der Waals surface area contributed by atoms with Gasteiger partial charge in [-0.2, -0.15) is 0 Å². The summed E-state index contributed by atoms with van der Waals surface area (Å²) < 4.78 is 23.2. The molecule has 1 aliphatic rings. The van der Waals surface area contributed by atoms with Crippen molar-refractivity contribution >= 4 is 27.5 Å². The van der Waals surface area contributed by atoms with Crippen molar-refractivity contribution in [1.82, 2.24) is 4.90 Å². The van der Waals surface area contributed by atoms with E-state index in [0.717, 1.165) is 12.8 Å². The molecule has 1 amide bonds. The molecule has 5 nitrogen and oxygen atoms in total. The van der Waals surface area contributed by atoms with Crippen LogP contribution >= 0.6 is 11.6 Å².